The summed E-state index contributed by atoms with van der Waals surface area (Å²) in [5.74, 6) is -2.92. The normalized spacial score (nSPS) is 20.8. The summed E-state index contributed by atoms with van der Waals surface area (Å²) in [7, 11) is 0. The number of aromatic nitrogens is 2. The van der Waals surface area contributed by atoms with E-state index in [1.54, 1.807) is 24.5 Å². The van der Waals surface area contributed by atoms with Gasteiger partial charge in [0.2, 0.25) is 0 Å². The average Bonchev–Trinajstić information content (AvgIpc) is 3.23. The van der Waals surface area contributed by atoms with E-state index in [0.29, 0.717) is 13.0 Å². The van der Waals surface area contributed by atoms with Crippen molar-refractivity contribution in [2.75, 3.05) is 13.1 Å². The van der Waals surface area contributed by atoms with Crippen LogP contribution in [0.2, 0.25) is 0 Å². The standard InChI is InChI=1S/C24H22F3N3/c1-15-21(18-8-11-30-14-24(26,27)13-20(30)12-18)22(16-6-9-28-10-7-16)23(29-15)17-2-4-19(25)5-3-17/h2-7,9-10,12,20,29H,8,11,13-14H2,1H3. The number of fused-ring (bicyclic) bond motifs is 1. The van der Waals surface area contributed by atoms with Crippen molar-refractivity contribution >= 4 is 5.57 Å². The molecule has 154 valence electrons. The van der Waals surface area contributed by atoms with Crippen LogP contribution in [-0.4, -0.2) is 39.9 Å². The van der Waals surface area contributed by atoms with E-state index in [1.165, 1.54) is 12.1 Å². The third kappa shape index (κ3) is 3.35. The van der Waals surface area contributed by atoms with Gasteiger partial charge in [-0.05, 0) is 66.4 Å². The molecule has 0 aliphatic carbocycles. The van der Waals surface area contributed by atoms with Crippen molar-refractivity contribution in [3.05, 3.63) is 71.9 Å². The van der Waals surface area contributed by atoms with Crippen LogP contribution in [0.1, 0.15) is 24.1 Å². The summed E-state index contributed by atoms with van der Waals surface area (Å²) in [6, 6.07) is 10.0. The van der Waals surface area contributed by atoms with E-state index < -0.39 is 5.92 Å². The molecule has 1 fully saturated rings. The van der Waals surface area contributed by atoms with Crippen LogP contribution in [0.25, 0.3) is 28.0 Å². The van der Waals surface area contributed by atoms with Crippen molar-refractivity contribution in [3.63, 3.8) is 0 Å². The lowest BCUT2D eigenvalue weighted by atomic mass is 9.89. The van der Waals surface area contributed by atoms with Crippen LogP contribution in [0, 0.1) is 12.7 Å². The first-order chi connectivity index (χ1) is 14.4. The third-order valence-electron chi connectivity index (χ3n) is 6.08. The molecule has 1 N–H and O–H groups in total. The molecule has 2 aliphatic heterocycles. The predicted octanol–water partition coefficient (Wildman–Crippen LogP) is 5.69. The van der Waals surface area contributed by atoms with Gasteiger partial charge in [0.1, 0.15) is 5.82 Å². The Morgan fingerprint density at radius 2 is 1.77 bits per heavy atom. The first kappa shape index (κ1) is 19.1. The fourth-order valence-corrected chi connectivity index (χ4v) is 4.78. The number of nitrogens with one attached hydrogen (secondary N) is 1. The smallest absolute Gasteiger partial charge is 0.262 e. The summed E-state index contributed by atoms with van der Waals surface area (Å²) < 4.78 is 41.4. The Labute approximate surface area is 173 Å². The molecule has 1 atom stereocenters. The molecule has 2 aliphatic rings. The first-order valence-electron chi connectivity index (χ1n) is 10.1. The molecule has 30 heavy (non-hydrogen) atoms. The van der Waals surface area contributed by atoms with E-state index in [-0.39, 0.29) is 24.8 Å². The molecule has 0 amide bonds. The molecule has 3 nitrogen and oxygen atoms in total. The molecular weight excluding hydrogens is 387 g/mol. The van der Waals surface area contributed by atoms with Gasteiger partial charge in [0.15, 0.2) is 0 Å². The van der Waals surface area contributed by atoms with E-state index in [2.05, 4.69) is 9.97 Å². The van der Waals surface area contributed by atoms with Gasteiger partial charge in [0.25, 0.3) is 5.92 Å². The Balaban J connectivity index is 1.66. The van der Waals surface area contributed by atoms with Crippen molar-refractivity contribution in [1.82, 2.24) is 14.9 Å². The van der Waals surface area contributed by atoms with E-state index in [9.17, 15) is 13.2 Å². The zero-order chi connectivity index (χ0) is 20.9. The molecule has 0 saturated carbocycles. The Kier molecular flexibility index (Phi) is 4.54. The zero-order valence-electron chi connectivity index (χ0n) is 16.6. The van der Waals surface area contributed by atoms with E-state index in [0.717, 1.165) is 39.2 Å². The van der Waals surface area contributed by atoms with E-state index in [1.807, 2.05) is 30.0 Å². The molecule has 5 rings (SSSR count). The fourth-order valence-electron chi connectivity index (χ4n) is 4.78. The highest BCUT2D eigenvalue weighted by molar-refractivity contribution is 5.92. The number of aryl methyl sites for hydroxylation is 1. The Morgan fingerprint density at radius 1 is 1.03 bits per heavy atom. The van der Waals surface area contributed by atoms with Crippen LogP contribution < -0.4 is 0 Å². The molecule has 0 spiro atoms. The molecule has 4 heterocycles. The molecule has 0 bridgehead atoms. The number of nitrogens with zero attached hydrogens (tertiary/aromatic N) is 2. The zero-order valence-corrected chi connectivity index (χ0v) is 16.6. The van der Waals surface area contributed by atoms with Crippen LogP contribution in [0.4, 0.5) is 13.2 Å². The minimum atomic E-state index is -2.63. The minimum absolute atomic E-state index is 0.130. The maximum atomic E-state index is 13.9. The maximum Gasteiger partial charge on any atom is 0.262 e. The van der Waals surface area contributed by atoms with Crippen LogP contribution >= 0.6 is 0 Å². The van der Waals surface area contributed by atoms with E-state index in [4.69, 9.17) is 0 Å². The molecule has 3 aromatic rings. The minimum Gasteiger partial charge on any atom is -0.358 e. The molecular formula is C24H22F3N3. The van der Waals surface area contributed by atoms with Crippen LogP contribution in [0.5, 0.6) is 0 Å². The number of pyridine rings is 1. The first-order valence-corrected chi connectivity index (χ1v) is 10.1. The SMILES string of the molecule is Cc1[nH]c(-c2ccc(F)cc2)c(-c2ccncc2)c1C1=CC2CC(F)(F)CN2CC1. The Hall–Kier alpha value is -2.86. The number of alkyl halides is 2. The highest BCUT2D eigenvalue weighted by atomic mass is 19.3. The summed E-state index contributed by atoms with van der Waals surface area (Å²) in [5.41, 5.74) is 6.88. The fraction of sp³-hybridized carbons (Fsp3) is 0.292. The monoisotopic (exact) mass is 409 g/mol. The lowest BCUT2D eigenvalue weighted by molar-refractivity contribution is 0.0124. The van der Waals surface area contributed by atoms with Gasteiger partial charge in [-0.15, -0.1) is 0 Å². The highest BCUT2D eigenvalue weighted by Crippen LogP contribution is 2.44. The topological polar surface area (TPSA) is 31.9 Å². The van der Waals surface area contributed by atoms with Crippen molar-refractivity contribution < 1.29 is 13.2 Å². The lowest BCUT2D eigenvalue weighted by Crippen LogP contribution is -2.33. The lowest BCUT2D eigenvalue weighted by Gasteiger charge is -2.28. The average molecular weight is 409 g/mol. The van der Waals surface area contributed by atoms with E-state index >= 15 is 0 Å². The highest BCUT2D eigenvalue weighted by Gasteiger charge is 2.45. The van der Waals surface area contributed by atoms with Gasteiger partial charge < -0.3 is 4.98 Å². The Bertz CT molecular complexity index is 1100. The molecule has 2 aromatic heterocycles. The number of hydrogen-bond donors (Lipinski definition) is 1. The second-order valence-corrected chi connectivity index (χ2v) is 8.16. The van der Waals surface area contributed by atoms with Gasteiger partial charge in [0.05, 0.1) is 12.2 Å². The summed E-state index contributed by atoms with van der Waals surface area (Å²) in [4.78, 5) is 9.48. The van der Waals surface area contributed by atoms with Gasteiger partial charge in [0, 0.05) is 48.2 Å². The van der Waals surface area contributed by atoms with Crippen molar-refractivity contribution in [2.45, 2.75) is 31.7 Å². The summed E-state index contributed by atoms with van der Waals surface area (Å²) in [5, 5.41) is 0. The maximum absolute atomic E-state index is 13.9. The molecule has 1 aromatic carbocycles. The number of aromatic amines is 1. The quantitative estimate of drug-likeness (QED) is 0.603. The van der Waals surface area contributed by atoms with Crippen LogP contribution in [0.15, 0.2) is 54.9 Å². The molecule has 6 heteroatoms. The number of halogens is 3. The molecule has 0 radical (unpaired) electrons. The van der Waals surface area contributed by atoms with Crippen molar-refractivity contribution in [2.24, 2.45) is 0 Å². The summed E-state index contributed by atoms with van der Waals surface area (Å²) in [6.07, 6.45) is 6.08. The van der Waals surface area contributed by atoms with Gasteiger partial charge in [-0.2, -0.15) is 0 Å². The summed E-state index contributed by atoms with van der Waals surface area (Å²) >= 11 is 0. The number of H-pyrrole nitrogens is 1. The van der Waals surface area contributed by atoms with Crippen LogP contribution in [-0.2, 0) is 0 Å². The van der Waals surface area contributed by atoms with Crippen LogP contribution in [0.3, 0.4) is 0 Å². The van der Waals surface area contributed by atoms with Gasteiger partial charge in [-0.3, -0.25) is 9.88 Å². The largest absolute Gasteiger partial charge is 0.358 e. The Morgan fingerprint density at radius 3 is 2.50 bits per heavy atom. The van der Waals surface area contributed by atoms with Gasteiger partial charge in [-0.1, -0.05) is 6.08 Å². The summed E-state index contributed by atoms with van der Waals surface area (Å²) in [6.45, 7) is 2.47. The van der Waals surface area contributed by atoms with Crippen molar-refractivity contribution in [3.8, 4) is 22.4 Å². The van der Waals surface area contributed by atoms with Gasteiger partial charge >= 0.3 is 0 Å². The second kappa shape index (κ2) is 7.13. The van der Waals surface area contributed by atoms with Crippen molar-refractivity contribution in [1.29, 1.82) is 0 Å². The predicted molar refractivity (Wildman–Crippen MR) is 112 cm³/mol. The number of rotatable bonds is 3. The molecule has 1 unspecified atom stereocenters. The molecule has 1 saturated heterocycles. The number of benzene rings is 1. The second-order valence-electron chi connectivity index (χ2n) is 8.16. The number of hydrogen-bond acceptors (Lipinski definition) is 2. The van der Waals surface area contributed by atoms with Gasteiger partial charge in [-0.25, -0.2) is 13.2 Å². The third-order valence-corrected chi connectivity index (χ3v) is 6.08.